The molecule has 0 aliphatic carbocycles. The van der Waals surface area contributed by atoms with Crippen LogP contribution >= 0.6 is 0 Å². The summed E-state index contributed by atoms with van der Waals surface area (Å²) in [6.45, 7) is 4.33. The van der Waals surface area contributed by atoms with Crippen LogP contribution in [0.2, 0.25) is 0 Å². The summed E-state index contributed by atoms with van der Waals surface area (Å²) < 4.78 is 0. The van der Waals surface area contributed by atoms with Crippen LogP contribution in [0.3, 0.4) is 0 Å². The van der Waals surface area contributed by atoms with Gasteiger partial charge >= 0.3 is 0 Å². The maximum absolute atomic E-state index is 11.1. The molecule has 1 fully saturated rings. The number of non-ortho nitro benzene ring substituents is 1. The van der Waals surface area contributed by atoms with E-state index in [4.69, 9.17) is 4.99 Å². The maximum Gasteiger partial charge on any atom is 0.269 e. The average Bonchev–Trinajstić information content (AvgIpc) is 3.31. The van der Waals surface area contributed by atoms with E-state index in [2.05, 4.69) is 30.9 Å². The Morgan fingerprint density at radius 3 is 2.44 bits per heavy atom. The van der Waals surface area contributed by atoms with Crippen LogP contribution in [0.1, 0.15) is 43.9 Å². The van der Waals surface area contributed by atoms with Crippen LogP contribution < -0.4 is 0 Å². The van der Waals surface area contributed by atoms with Gasteiger partial charge in [0.1, 0.15) is 5.66 Å². The molecule has 0 saturated carbocycles. The summed E-state index contributed by atoms with van der Waals surface area (Å²) >= 11 is 0. The Morgan fingerprint density at radius 1 is 1.08 bits per heavy atom. The molecular formula is C20H21N3O2. The van der Waals surface area contributed by atoms with E-state index in [-0.39, 0.29) is 28.4 Å². The Hall–Kier alpha value is -2.53. The number of aliphatic imine (C=N–C) groups is 1. The first-order chi connectivity index (χ1) is 12.1. The molecule has 3 atom stereocenters. The highest BCUT2D eigenvalue weighted by Gasteiger charge is 2.64. The second kappa shape index (κ2) is 5.77. The van der Waals surface area contributed by atoms with Crippen molar-refractivity contribution in [3.05, 3.63) is 75.8 Å². The highest BCUT2D eigenvalue weighted by Crippen LogP contribution is 2.57. The Morgan fingerprint density at radius 2 is 1.80 bits per heavy atom. The standard InChI is InChI=1S/C20H21N3O2/c1-3-20(4-2)21-17(14-9-6-5-7-10-14)19-18(22(19)20)15-11-8-12-16(13-15)23(24)25/h5-13,18-19H,3-4H2,1-2H3. The van der Waals surface area contributed by atoms with E-state index in [0.717, 1.165) is 29.7 Å². The third-order valence-corrected chi connectivity index (χ3v) is 5.52. The van der Waals surface area contributed by atoms with Crippen molar-refractivity contribution in [2.24, 2.45) is 4.99 Å². The predicted octanol–water partition coefficient (Wildman–Crippen LogP) is 4.34. The monoisotopic (exact) mass is 335 g/mol. The van der Waals surface area contributed by atoms with E-state index in [1.807, 2.05) is 24.3 Å². The van der Waals surface area contributed by atoms with E-state index in [0.29, 0.717) is 0 Å². The lowest BCUT2D eigenvalue weighted by molar-refractivity contribution is -0.384. The van der Waals surface area contributed by atoms with Crippen molar-refractivity contribution in [3.63, 3.8) is 0 Å². The first kappa shape index (κ1) is 16.0. The van der Waals surface area contributed by atoms with Crippen LogP contribution in [0.25, 0.3) is 0 Å². The van der Waals surface area contributed by atoms with Crippen molar-refractivity contribution in [1.82, 2.24) is 4.90 Å². The highest BCUT2D eigenvalue weighted by atomic mass is 16.6. The molecule has 2 aromatic rings. The molecule has 4 rings (SSSR count). The molecule has 0 N–H and O–H groups in total. The largest absolute Gasteiger partial charge is 0.269 e. The number of fused-ring (bicyclic) bond motifs is 1. The van der Waals surface area contributed by atoms with Gasteiger partial charge < -0.3 is 0 Å². The minimum Gasteiger partial charge on any atom is -0.265 e. The van der Waals surface area contributed by atoms with E-state index in [9.17, 15) is 10.1 Å². The van der Waals surface area contributed by atoms with Gasteiger partial charge in [-0.1, -0.05) is 56.3 Å². The quantitative estimate of drug-likeness (QED) is 0.464. The fraction of sp³-hybridized carbons (Fsp3) is 0.350. The summed E-state index contributed by atoms with van der Waals surface area (Å²) in [6.07, 6.45) is 1.86. The first-order valence-corrected chi connectivity index (χ1v) is 8.79. The lowest BCUT2D eigenvalue weighted by Crippen LogP contribution is -2.32. The van der Waals surface area contributed by atoms with E-state index >= 15 is 0 Å². The molecule has 0 spiro atoms. The number of hydrogen-bond donors (Lipinski definition) is 0. The normalized spacial score (nSPS) is 26.0. The zero-order valence-corrected chi connectivity index (χ0v) is 14.4. The molecule has 25 heavy (non-hydrogen) atoms. The van der Waals surface area contributed by atoms with Crippen molar-refractivity contribution in [2.75, 3.05) is 0 Å². The van der Waals surface area contributed by atoms with Crippen molar-refractivity contribution in [3.8, 4) is 0 Å². The zero-order chi connectivity index (χ0) is 17.6. The van der Waals surface area contributed by atoms with Gasteiger partial charge in [-0.15, -0.1) is 0 Å². The summed E-state index contributed by atoms with van der Waals surface area (Å²) in [5.41, 5.74) is 3.22. The van der Waals surface area contributed by atoms with Crippen LogP contribution in [0.5, 0.6) is 0 Å². The Balaban J connectivity index is 1.76. The second-order valence-corrected chi connectivity index (χ2v) is 6.70. The van der Waals surface area contributed by atoms with Gasteiger partial charge in [0.2, 0.25) is 0 Å². The molecule has 0 bridgehead atoms. The van der Waals surface area contributed by atoms with Crippen molar-refractivity contribution in [2.45, 2.75) is 44.4 Å². The molecule has 2 aliphatic heterocycles. The van der Waals surface area contributed by atoms with Crippen molar-refractivity contribution >= 4 is 11.4 Å². The first-order valence-electron chi connectivity index (χ1n) is 8.79. The molecule has 128 valence electrons. The minimum atomic E-state index is -0.323. The van der Waals surface area contributed by atoms with Crippen molar-refractivity contribution in [1.29, 1.82) is 0 Å². The second-order valence-electron chi connectivity index (χ2n) is 6.70. The molecule has 0 radical (unpaired) electrons. The SMILES string of the molecule is CCC1(CC)N=C(c2ccccc2)C2C(c3cccc([N+](=O)[O-])c3)N21. The summed E-state index contributed by atoms with van der Waals surface area (Å²) in [4.78, 5) is 18.3. The number of benzene rings is 2. The van der Waals surface area contributed by atoms with E-state index < -0.39 is 0 Å². The summed E-state index contributed by atoms with van der Waals surface area (Å²) in [5, 5.41) is 11.1. The summed E-state index contributed by atoms with van der Waals surface area (Å²) in [6, 6.07) is 17.7. The van der Waals surface area contributed by atoms with Crippen LogP contribution in [-0.4, -0.2) is 27.2 Å². The Kier molecular flexibility index (Phi) is 3.69. The van der Waals surface area contributed by atoms with Gasteiger partial charge in [0, 0.05) is 12.1 Å². The third kappa shape index (κ3) is 2.38. The molecule has 1 saturated heterocycles. The van der Waals surface area contributed by atoms with Gasteiger partial charge in [0.05, 0.1) is 22.7 Å². The lowest BCUT2D eigenvalue weighted by Gasteiger charge is -2.28. The molecule has 2 aliphatic rings. The molecule has 0 amide bonds. The summed E-state index contributed by atoms with van der Waals surface area (Å²) in [7, 11) is 0. The van der Waals surface area contributed by atoms with Gasteiger partial charge in [0.25, 0.3) is 5.69 Å². The minimum absolute atomic E-state index is 0.153. The predicted molar refractivity (Wildman–Crippen MR) is 97.8 cm³/mol. The topological polar surface area (TPSA) is 58.5 Å². The van der Waals surface area contributed by atoms with E-state index in [1.54, 1.807) is 18.2 Å². The van der Waals surface area contributed by atoms with Crippen LogP contribution in [0, 0.1) is 10.1 Å². The van der Waals surface area contributed by atoms with Gasteiger partial charge in [0.15, 0.2) is 0 Å². The van der Waals surface area contributed by atoms with Gasteiger partial charge in [-0.05, 0) is 24.0 Å². The average molecular weight is 335 g/mol. The number of nitro benzene ring substituents is 1. The maximum atomic E-state index is 11.1. The van der Waals surface area contributed by atoms with Crippen molar-refractivity contribution < 1.29 is 4.92 Å². The molecule has 0 aromatic heterocycles. The number of rotatable bonds is 5. The zero-order valence-electron chi connectivity index (χ0n) is 14.4. The van der Waals surface area contributed by atoms with Gasteiger partial charge in [-0.25, -0.2) is 0 Å². The molecule has 2 aromatic carbocycles. The van der Waals surface area contributed by atoms with Crippen LogP contribution in [-0.2, 0) is 0 Å². The Labute approximate surface area is 147 Å². The molecular weight excluding hydrogens is 314 g/mol. The summed E-state index contributed by atoms with van der Waals surface area (Å²) in [5.74, 6) is 0. The number of nitrogens with zero attached hydrogens (tertiary/aromatic N) is 3. The molecule has 3 unspecified atom stereocenters. The number of hydrogen-bond acceptors (Lipinski definition) is 4. The number of nitro groups is 1. The van der Waals surface area contributed by atoms with Gasteiger partial charge in [-0.3, -0.25) is 20.0 Å². The molecule has 2 heterocycles. The Bertz CT molecular complexity index is 843. The smallest absolute Gasteiger partial charge is 0.265 e. The van der Waals surface area contributed by atoms with E-state index in [1.165, 1.54) is 0 Å². The van der Waals surface area contributed by atoms with Crippen LogP contribution in [0.15, 0.2) is 59.6 Å². The molecule has 5 nitrogen and oxygen atoms in total. The lowest BCUT2D eigenvalue weighted by atomic mass is 9.99. The van der Waals surface area contributed by atoms with Gasteiger partial charge in [-0.2, -0.15) is 0 Å². The van der Waals surface area contributed by atoms with Crippen LogP contribution in [0.4, 0.5) is 5.69 Å². The fourth-order valence-electron chi connectivity index (χ4n) is 4.16. The third-order valence-electron chi connectivity index (χ3n) is 5.52. The highest BCUT2D eigenvalue weighted by molar-refractivity contribution is 6.08. The molecule has 5 heteroatoms. The fourth-order valence-corrected chi connectivity index (χ4v) is 4.16.